The Morgan fingerprint density at radius 3 is 2.59 bits per heavy atom. The largest absolute Gasteiger partial charge is 0.486 e. The number of hydrogen-bond donors (Lipinski definition) is 2. The molecule has 0 aromatic heterocycles. The summed E-state index contributed by atoms with van der Waals surface area (Å²) in [6.07, 6.45) is 2.14. The van der Waals surface area contributed by atoms with E-state index in [9.17, 15) is 14.9 Å². The van der Waals surface area contributed by atoms with Crippen molar-refractivity contribution in [1.82, 2.24) is 5.32 Å². The average molecular weight is 307 g/mol. The Morgan fingerprint density at radius 2 is 2.00 bits per heavy atom. The van der Waals surface area contributed by atoms with E-state index in [1.54, 1.807) is 0 Å². The van der Waals surface area contributed by atoms with Gasteiger partial charge in [0.1, 0.15) is 18.8 Å². The molecule has 1 amide bonds. The fraction of sp³-hybridized carbons (Fsp3) is 0.500. The number of hydrogen-bond acceptors (Lipinski definition) is 6. The highest BCUT2D eigenvalue weighted by Crippen LogP contribution is 2.36. The van der Waals surface area contributed by atoms with Gasteiger partial charge in [-0.1, -0.05) is 0 Å². The number of nitrogens with zero attached hydrogens (tertiary/aromatic N) is 1. The number of carbonyl (C=O) groups is 1. The number of nitrogens with two attached hydrogens (primary N) is 1. The van der Waals surface area contributed by atoms with Crippen LogP contribution in [0.15, 0.2) is 12.1 Å². The molecule has 3 N–H and O–H groups in total. The molecule has 8 nitrogen and oxygen atoms in total. The van der Waals surface area contributed by atoms with Crippen LogP contribution < -0.4 is 20.5 Å². The Kier molecular flexibility index (Phi) is 3.84. The van der Waals surface area contributed by atoms with E-state index in [2.05, 4.69) is 5.32 Å². The van der Waals surface area contributed by atoms with Gasteiger partial charge < -0.3 is 20.5 Å². The van der Waals surface area contributed by atoms with Crippen molar-refractivity contribution in [2.24, 2.45) is 11.7 Å². The van der Waals surface area contributed by atoms with Gasteiger partial charge in [0.2, 0.25) is 0 Å². The highest BCUT2D eigenvalue weighted by molar-refractivity contribution is 5.99. The van der Waals surface area contributed by atoms with Gasteiger partial charge in [0.15, 0.2) is 11.5 Å². The molecule has 1 aliphatic heterocycles. The van der Waals surface area contributed by atoms with Gasteiger partial charge in [-0.3, -0.25) is 14.9 Å². The lowest BCUT2D eigenvalue weighted by molar-refractivity contribution is -0.385. The molecule has 1 heterocycles. The van der Waals surface area contributed by atoms with Gasteiger partial charge in [0.05, 0.1) is 11.0 Å². The van der Waals surface area contributed by atoms with E-state index < -0.39 is 10.8 Å². The van der Waals surface area contributed by atoms with Crippen LogP contribution in [0, 0.1) is 16.0 Å². The molecule has 1 aliphatic carbocycles. The van der Waals surface area contributed by atoms with Crippen LogP contribution >= 0.6 is 0 Å². The molecular weight excluding hydrogens is 290 g/mol. The number of carbonyl (C=O) groups excluding carboxylic acids is 1. The molecule has 0 spiro atoms. The summed E-state index contributed by atoms with van der Waals surface area (Å²) in [7, 11) is 0. The first kappa shape index (κ1) is 14.6. The van der Waals surface area contributed by atoms with E-state index in [1.807, 2.05) is 0 Å². The highest BCUT2D eigenvalue weighted by Gasteiger charge is 2.30. The topological polar surface area (TPSA) is 117 Å². The summed E-state index contributed by atoms with van der Waals surface area (Å²) in [5.41, 5.74) is 5.57. The molecule has 1 atom stereocenters. The van der Waals surface area contributed by atoms with Crippen LogP contribution in [0.25, 0.3) is 0 Å². The van der Waals surface area contributed by atoms with Gasteiger partial charge in [-0.05, 0) is 18.8 Å². The number of amides is 1. The van der Waals surface area contributed by atoms with Gasteiger partial charge in [-0.25, -0.2) is 0 Å². The summed E-state index contributed by atoms with van der Waals surface area (Å²) in [5.74, 6) is 0.535. The third-order valence-corrected chi connectivity index (χ3v) is 3.83. The van der Waals surface area contributed by atoms with Gasteiger partial charge in [0.25, 0.3) is 11.6 Å². The van der Waals surface area contributed by atoms with Crippen molar-refractivity contribution < 1.29 is 19.2 Å². The van der Waals surface area contributed by atoms with Crippen molar-refractivity contribution >= 4 is 11.6 Å². The zero-order chi connectivity index (χ0) is 15.7. The number of nitrogens with one attached hydrogen (secondary N) is 1. The average Bonchev–Trinajstić information content (AvgIpc) is 3.35. The molecule has 1 saturated carbocycles. The standard InChI is InChI=1S/C14H17N3O5/c15-10(8-1-2-8)7-16-14(18)9-5-12-13(22-4-3-21-12)6-11(9)17(19)20/h5-6,8,10H,1-4,7,15H2,(H,16,18). The molecule has 0 bridgehead atoms. The zero-order valence-electron chi connectivity index (χ0n) is 11.9. The number of rotatable bonds is 5. The normalized spacial score (nSPS) is 17.7. The Labute approximate surface area is 126 Å². The molecule has 0 radical (unpaired) electrons. The second-order valence-corrected chi connectivity index (χ2v) is 5.48. The Morgan fingerprint density at radius 1 is 1.36 bits per heavy atom. The van der Waals surface area contributed by atoms with Crippen molar-refractivity contribution in [2.75, 3.05) is 19.8 Å². The minimum atomic E-state index is -0.603. The molecule has 1 fully saturated rings. The van der Waals surface area contributed by atoms with Gasteiger partial charge in [-0.15, -0.1) is 0 Å². The summed E-state index contributed by atoms with van der Waals surface area (Å²) in [5, 5.41) is 13.8. The van der Waals surface area contributed by atoms with Crippen molar-refractivity contribution in [3.63, 3.8) is 0 Å². The minimum Gasteiger partial charge on any atom is -0.486 e. The van der Waals surface area contributed by atoms with E-state index in [4.69, 9.17) is 15.2 Å². The molecule has 22 heavy (non-hydrogen) atoms. The summed E-state index contributed by atoms with van der Waals surface area (Å²) in [6, 6.07) is 2.47. The smallest absolute Gasteiger partial charge is 0.286 e. The van der Waals surface area contributed by atoms with Crippen LogP contribution in [-0.4, -0.2) is 36.6 Å². The predicted molar refractivity (Wildman–Crippen MR) is 77.1 cm³/mol. The minimum absolute atomic E-state index is 0.0442. The van der Waals surface area contributed by atoms with Crippen LogP contribution in [0.5, 0.6) is 11.5 Å². The number of fused-ring (bicyclic) bond motifs is 1. The molecule has 1 aromatic carbocycles. The summed E-state index contributed by atoms with van der Waals surface area (Å²) in [4.78, 5) is 22.8. The molecule has 0 saturated heterocycles. The monoisotopic (exact) mass is 307 g/mol. The molecule has 1 aromatic rings. The lowest BCUT2D eigenvalue weighted by Gasteiger charge is -2.19. The lowest BCUT2D eigenvalue weighted by atomic mass is 10.1. The third kappa shape index (κ3) is 2.96. The third-order valence-electron chi connectivity index (χ3n) is 3.83. The fourth-order valence-corrected chi connectivity index (χ4v) is 2.41. The lowest BCUT2D eigenvalue weighted by Crippen LogP contribution is -2.38. The SMILES string of the molecule is NC(CNC(=O)c1cc2c(cc1[N+](=O)[O-])OCCO2)C1CC1. The Balaban J connectivity index is 1.80. The van der Waals surface area contributed by atoms with Crippen molar-refractivity contribution in [3.05, 3.63) is 27.8 Å². The number of nitro groups is 1. The number of benzene rings is 1. The molecule has 2 aliphatic rings. The fourth-order valence-electron chi connectivity index (χ4n) is 2.41. The first-order valence-corrected chi connectivity index (χ1v) is 7.18. The summed E-state index contributed by atoms with van der Waals surface area (Å²) in [6.45, 7) is 0.972. The molecule has 1 unspecified atom stereocenters. The van der Waals surface area contributed by atoms with Crippen LogP contribution in [-0.2, 0) is 0 Å². The highest BCUT2D eigenvalue weighted by atomic mass is 16.6. The second-order valence-electron chi connectivity index (χ2n) is 5.48. The maximum Gasteiger partial charge on any atom is 0.286 e. The van der Waals surface area contributed by atoms with Crippen molar-refractivity contribution in [2.45, 2.75) is 18.9 Å². The Hall–Kier alpha value is -2.35. The summed E-state index contributed by atoms with van der Waals surface area (Å²) >= 11 is 0. The van der Waals surface area contributed by atoms with Crippen LogP contribution in [0.4, 0.5) is 5.69 Å². The molecule has 3 rings (SSSR count). The maximum atomic E-state index is 12.2. The maximum absolute atomic E-state index is 12.2. The first-order chi connectivity index (χ1) is 10.6. The van der Waals surface area contributed by atoms with Gasteiger partial charge in [-0.2, -0.15) is 0 Å². The van der Waals surface area contributed by atoms with Crippen molar-refractivity contribution in [1.29, 1.82) is 0 Å². The van der Waals surface area contributed by atoms with Crippen LogP contribution in [0.2, 0.25) is 0 Å². The quantitative estimate of drug-likeness (QED) is 0.615. The zero-order valence-corrected chi connectivity index (χ0v) is 11.9. The second kappa shape index (κ2) is 5.80. The summed E-state index contributed by atoms with van der Waals surface area (Å²) < 4.78 is 10.7. The van der Waals surface area contributed by atoms with Gasteiger partial charge >= 0.3 is 0 Å². The molecule has 8 heteroatoms. The predicted octanol–water partition coefficient (Wildman–Crippen LogP) is 0.833. The molecule has 118 valence electrons. The molecular formula is C14H17N3O5. The van der Waals surface area contributed by atoms with E-state index >= 15 is 0 Å². The first-order valence-electron chi connectivity index (χ1n) is 7.18. The van der Waals surface area contributed by atoms with Crippen molar-refractivity contribution in [3.8, 4) is 11.5 Å². The van der Waals surface area contributed by atoms with Crippen LogP contribution in [0.1, 0.15) is 23.2 Å². The van der Waals surface area contributed by atoms with E-state index in [0.29, 0.717) is 31.4 Å². The number of ether oxygens (including phenoxy) is 2. The Bertz CT molecular complexity index is 615. The van der Waals surface area contributed by atoms with Crippen LogP contribution in [0.3, 0.4) is 0 Å². The van der Waals surface area contributed by atoms with Gasteiger partial charge in [0, 0.05) is 18.7 Å². The van der Waals surface area contributed by atoms with E-state index in [-0.39, 0.29) is 23.0 Å². The van der Waals surface area contributed by atoms with E-state index in [0.717, 1.165) is 12.8 Å². The number of nitro benzene ring substituents is 1. The van der Waals surface area contributed by atoms with E-state index in [1.165, 1.54) is 12.1 Å².